The molecule has 0 saturated heterocycles. The number of ketones is 1. The van der Waals surface area contributed by atoms with Crippen molar-refractivity contribution in [3.8, 4) is 5.75 Å². The van der Waals surface area contributed by atoms with Gasteiger partial charge in [-0.25, -0.2) is 0 Å². The summed E-state index contributed by atoms with van der Waals surface area (Å²) in [6.45, 7) is -0.165. The number of halogens is 3. The lowest BCUT2D eigenvalue weighted by Crippen LogP contribution is -2.22. The normalized spacial score (nSPS) is 12.0. The van der Waals surface area contributed by atoms with Crippen LogP contribution in [-0.2, 0) is 15.6 Å². The summed E-state index contributed by atoms with van der Waals surface area (Å²) in [5.41, 5.74) is 1.61. The molecule has 1 atom stereocenters. The summed E-state index contributed by atoms with van der Waals surface area (Å²) >= 11 is 17.8. The summed E-state index contributed by atoms with van der Waals surface area (Å²) in [7, 11) is -1.50. The topological polar surface area (TPSA) is 43.4 Å². The van der Waals surface area contributed by atoms with Crippen LogP contribution in [0.2, 0.25) is 15.1 Å². The molecule has 0 aliphatic rings. The zero-order valence-corrected chi connectivity index (χ0v) is 18.3. The molecule has 0 radical (unpaired) electrons. The van der Waals surface area contributed by atoms with Crippen LogP contribution in [0.4, 0.5) is 0 Å². The monoisotopic (exact) mass is 466 g/mol. The molecule has 0 aromatic heterocycles. The van der Waals surface area contributed by atoms with E-state index >= 15 is 0 Å². The Bertz CT molecular complexity index is 942. The van der Waals surface area contributed by atoms with Gasteiger partial charge in [0.05, 0.1) is 11.0 Å². The molecule has 0 aliphatic carbocycles. The molecule has 0 spiro atoms. The van der Waals surface area contributed by atoms with Crippen LogP contribution >= 0.6 is 34.8 Å². The van der Waals surface area contributed by atoms with Gasteiger partial charge in [-0.15, -0.1) is 0 Å². The van der Waals surface area contributed by atoms with E-state index in [-0.39, 0.29) is 18.1 Å². The summed E-state index contributed by atoms with van der Waals surface area (Å²) in [5, 5.41) is 1.27. The van der Waals surface area contributed by atoms with E-state index in [1.807, 2.05) is 24.3 Å². The van der Waals surface area contributed by atoms with Crippen molar-refractivity contribution in [2.24, 2.45) is 0 Å². The minimum Gasteiger partial charge on any atom is -0.486 e. The SMILES string of the molecule is O=C(COc1ccc(Cl)cc1)CS(=O)C(c1ccc(Cl)cc1)c1ccc(Cl)cc1. The number of rotatable bonds is 8. The van der Waals surface area contributed by atoms with Gasteiger partial charge in [0.1, 0.15) is 12.4 Å². The van der Waals surface area contributed by atoms with Gasteiger partial charge < -0.3 is 4.74 Å². The predicted molar refractivity (Wildman–Crippen MR) is 120 cm³/mol. The van der Waals surface area contributed by atoms with E-state index in [9.17, 15) is 9.00 Å². The molecule has 7 heteroatoms. The third-order valence-electron chi connectivity index (χ3n) is 4.13. The molecule has 0 fully saturated rings. The molecule has 29 heavy (non-hydrogen) atoms. The summed E-state index contributed by atoms with van der Waals surface area (Å²) in [6, 6.07) is 20.9. The Labute approximate surface area is 187 Å². The first-order chi connectivity index (χ1) is 13.9. The van der Waals surface area contributed by atoms with Crippen molar-refractivity contribution in [3.63, 3.8) is 0 Å². The quantitative estimate of drug-likeness (QED) is 0.400. The number of carbonyl (C=O) groups is 1. The van der Waals surface area contributed by atoms with Crippen LogP contribution in [0.3, 0.4) is 0 Å². The lowest BCUT2D eigenvalue weighted by atomic mass is 10.0. The average Bonchev–Trinajstić information content (AvgIpc) is 2.70. The third-order valence-corrected chi connectivity index (χ3v) is 6.56. The van der Waals surface area contributed by atoms with E-state index in [1.165, 1.54) is 0 Å². The highest BCUT2D eigenvalue weighted by molar-refractivity contribution is 7.86. The maximum absolute atomic E-state index is 13.1. The molecule has 0 saturated carbocycles. The minimum absolute atomic E-state index is 0.135. The van der Waals surface area contributed by atoms with Crippen molar-refractivity contribution >= 4 is 51.4 Å². The van der Waals surface area contributed by atoms with Gasteiger partial charge in [0.15, 0.2) is 5.78 Å². The number of hydrogen-bond acceptors (Lipinski definition) is 3. The number of Topliss-reactive ketones (excluding diaryl/α,β-unsaturated/α-hetero) is 1. The van der Waals surface area contributed by atoms with Crippen LogP contribution in [0.1, 0.15) is 16.4 Å². The second kappa shape index (κ2) is 10.3. The molecule has 3 aromatic carbocycles. The Balaban J connectivity index is 1.73. The van der Waals surface area contributed by atoms with Gasteiger partial charge in [-0.2, -0.15) is 0 Å². The first-order valence-electron chi connectivity index (χ1n) is 8.70. The Hall–Kier alpha value is -1.85. The average molecular weight is 468 g/mol. The fourth-order valence-corrected chi connectivity index (χ4v) is 4.62. The number of hydrogen-bond donors (Lipinski definition) is 0. The van der Waals surface area contributed by atoms with Gasteiger partial charge in [-0.1, -0.05) is 59.1 Å². The zero-order chi connectivity index (χ0) is 20.8. The van der Waals surface area contributed by atoms with Gasteiger partial charge in [-0.3, -0.25) is 9.00 Å². The zero-order valence-electron chi connectivity index (χ0n) is 15.2. The van der Waals surface area contributed by atoms with E-state index in [2.05, 4.69) is 0 Å². The summed E-state index contributed by atoms with van der Waals surface area (Å²) in [4.78, 5) is 12.4. The van der Waals surface area contributed by atoms with Crippen LogP contribution in [0.25, 0.3) is 0 Å². The first-order valence-corrected chi connectivity index (χ1v) is 11.2. The number of ether oxygens (including phenoxy) is 1. The molecule has 0 heterocycles. The Morgan fingerprint density at radius 1 is 0.759 bits per heavy atom. The summed E-state index contributed by atoms with van der Waals surface area (Å²) < 4.78 is 18.6. The van der Waals surface area contributed by atoms with Gasteiger partial charge in [0.2, 0.25) is 0 Å². The van der Waals surface area contributed by atoms with E-state index < -0.39 is 16.0 Å². The Morgan fingerprint density at radius 2 is 1.17 bits per heavy atom. The van der Waals surface area contributed by atoms with Crippen molar-refractivity contribution in [2.45, 2.75) is 5.25 Å². The molecule has 0 bridgehead atoms. The maximum Gasteiger partial charge on any atom is 0.182 e. The van der Waals surface area contributed by atoms with Crippen LogP contribution in [0, 0.1) is 0 Å². The highest BCUT2D eigenvalue weighted by Crippen LogP contribution is 2.30. The Kier molecular flexibility index (Phi) is 7.73. The lowest BCUT2D eigenvalue weighted by Gasteiger charge is -2.18. The maximum atomic E-state index is 13.1. The van der Waals surface area contributed by atoms with E-state index in [4.69, 9.17) is 39.5 Å². The standard InChI is InChI=1S/C22H17Cl3O3S/c23-17-5-1-15(2-6-17)22(16-3-7-18(24)8-4-16)29(27)14-20(26)13-28-21-11-9-19(25)10-12-21/h1-12,22H,13-14H2. The molecule has 1 unspecified atom stereocenters. The van der Waals surface area contributed by atoms with Crippen molar-refractivity contribution in [3.05, 3.63) is 99.0 Å². The molecular weight excluding hydrogens is 451 g/mol. The van der Waals surface area contributed by atoms with Crippen molar-refractivity contribution < 1.29 is 13.7 Å². The van der Waals surface area contributed by atoms with Crippen LogP contribution in [0.15, 0.2) is 72.8 Å². The van der Waals surface area contributed by atoms with Gasteiger partial charge in [0.25, 0.3) is 0 Å². The minimum atomic E-state index is -1.50. The fourth-order valence-electron chi connectivity index (χ4n) is 2.75. The third kappa shape index (κ3) is 6.31. The molecule has 3 rings (SSSR count). The Morgan fingerprint density at radius 3 is 1.62 bits per heavy atom. The largest absolute Gasteiger partial charge is 0.486 e. The fraction of sp³-hybridized carbons (Fsp3) is 0.136. The highest BCUT2D eigenvalue weighted by Gasteiger charge is 2.23. The molecule has 150 valence electrons. The van der Waals surface area contributed by atoms with Crippen molar-refractivity contribution in [2.75, 3.05) is 12.4 Å². The van der Waals surface area contributed by atoms with Crippen LogP contribution in [0.5, 0.6) is 5.75 Å². The van der Waals surface area contributed by atoms with Crippen molar-refractivity contribution in [1.29, 1.82) is 0 Å². The van der Waals surface area contributed by atoms with Crippen molar-refractivity contribution in [1.82, 2.24) is 0 Å². The van der Waals surface area contributed by atoms with E-state index in [1.54, 1.807) is 48.5 Å². The molecular formula is C22H17Cl3O3S. The van der Waals surface area contributed by atoms with E-state index in [0.29, 0.717) is 20.8 Å². The van der Waals surface area contributed by atoms with Crippen LogP contribution < -0.4 is 4.74 Å². The number of carbonyl (C=O) groups excluding carboxylic acids is 1. The molecule has 0 aliphatic heterocycles. The molecule has 0 N–H and O–H groups in total. The summed E-state index contributed by atoms with van der Waals surface area (Å²) in [5.74, 6) is 0.135. The molecule has 0 amide bonds. The summed E-state index contributed by atoms with van der Waals surface area (Å²) in [6.07, 6.45) is 0. The smallest absolute Gasteiger partial charge is 0.182 e. The van der Waals surface area contributed by atoms with E-state index in [0.717, 1.165) is 11.1 Å². The van der Waals surface area contributed by atoms with Gasteiger partial charge in [0, 0.05) is 25.9 Å². The second-order valence-corrected chi connectivity index (χ2v) is 9.12. The second-order valence-electron chi connectivity index (χ2n) is 6.29. The molecule has 3 aromatic rings. The van der Waals surface area contributed by atoms with Gasteiger partial charge in [-0.05, 0) is 59.7 Å². The number of benzene rings is 3. The predicted octanol–water partition coefficient (Wildman–Crippen LogP) is 6.13. The lowest BCUT2D eigenvalue weighted by molar-refractivity contribution is -0.118. The van der Waals surface area contributed by atoms with Gasteiger partial charge >= 0.3 is 0 Å². The molecule has 3 nitrogen and oxygen atoms in total. The first kappa shape index (κ1) is 21.8. The highest BCUT2D eigenvalue weighted by atomic mass is 35.5. The van der Waals surface area contributed by atoms with Crippen LogP contribution in [-0.4, -0.2) is 22.4 Å².